The second-order valence-corrected chi connectivity index (χ2v) is 13.6. The van der Waals surface area contributed by atoms with E-state index in [1.54, 1.807) is 20.8 Å². The number of nitrogens with one attached hydrogen (secondary N) is 1. The summed E-state index contributed by atoms with van der Waals surface area (Å²) in [5.74, 6) is -1.06. The zero-order valence-corrected chi connectivity index (χ0v) is 30.1. The van der Waals surface area contributed by atoms with Gasteiger partial charge in [-0.25, -0.2) is 9.59 Å². The van der Waals surface area contributed by atoms with Crippen molar-refractivity contribution in [1.82, 2.24) is 5.32 Å². The topological polar surface area (TPSA) is 116 Å². The Bertz CT molecular complexity index is 586. The van der Waals surface area contributed by atoms with Crippen LogP contribution in [0.2, 0.25) is 0 Å². The average molecular weight is 627 g/mol. The summed E-state index contributed by atoms with van der Waals surface area (Å²) in [7, 11) is 0. The van der Waals surface area contributed by atoms with Crippen LogP contribution in [0.25, 0.3) is 5.32 Å². The highest BCUT2D eigenvalue weighted by atomic mass is 16.6. The molecule has 1 amide bonds. The Morgan fingerprint density at radius 2 is 1.00 bits per heavy atom. The molecular formula is C37H76N3O4-. The maximum atomic E-state index is 11.4. The van der Waals surface area contributed by atoms with E-state index in [1.165, 1.54) is 141 Å². The summed E-state index contributed by atoms with van der Waals surface area (Å²) in [6, 6.07) is -0.920. The van der Waals surface area contributed by atoms with Crippen LogP contribution in [0, 0.1) is 0 Å². The largest absolute Gasteiger partial charge is 0.662 e. The van der Waals surface area contributed by atoms with Gasteiger partial charge in [0.1, 0.15) is 11.6 Å². The summed E-state index contributed by atoms with van der Waals surface area (Å²) < 4.78 is 4.99. The smallest absolute Gasteiger partial charge is 0.408 e. The number of carbonyl (C=O) groups excluding carboxylic acids is 1. The van der Waals surface area contributed by atoms with Gasteiger partial charge in [0, 0.05) is 0 Å². The van der Waals surface area contributed by atoms with E-state index in [0.29, 0.717) is 19.4 Å². The molecule has 0 fully saturated rings. The van der Waals surface area contributed by atoms with Gasteiger partial charge in [-0.3, -0.25) is 0 Å². The monoisotopic (exact) mass is 627 g/mol. The lowest BCUT2D eigenvalue weighted by Gasteiger charge is -2.21. The van der Waals surface area contributed by atoms with E-state index < -0.39 is 23.7 Å². The number of ether oxygens (including phenoxy) is 1. The number of nitrogens with two attached hydrogens (primary N) is 1. The van der Waals surface area contributed by atoms with Crippen LogP contribution in [0.5, 0.6) is 0 Å². The molecule has 44 heavy (non-hydrogen) atoms. The number of alkyl carbamates (subject to hydrolysis) is 1. The molecule has 0 spiro atoms. The number of hydrogen-bond donors (Lipinski definition) is 3. The van der Waals surface area contributed by atoms with Crippen molar-refractivity contribution in [2.45, 2.75) is 207 Å². The Labute approximate surface area is 274 Å². The lowest BCUT2D eigenvalue weighted by Crippen LogP contribution is -2.43. The van der Waals surface area contributed by atoms with Crippen LogP contribution in [0.1, 0.15) is 195 Å². The number of carboxylic acid groups (broad SMARTS) is 1. The fourth-order valence-corrected chi connectivity index (χ4v) is 5.09. The minimum absolute atomic E-state index is 0.353. The summed E-state index contributed by atoms with van der Waals surface area (Å²) in [5, 5.41) is 16.0. The molecule has 0 aromatic carbocycles. The van der Waals surface area contributed by atoms with Crippen LogP contribution in [-0.2, 0) is 9.53 Å². The van der Waals surface area contributed by atoms with Crippen molar-refractivity contribution in [2.75, 3.05) is 19.6 Å². The Morgan fingerprint density at radius 1 is 0.636 bits per heavy atom. The van der Waals surface area contributed by atoms with Gasteiger partial charge in [0.05, 0.1) is 0 Å². The molecule has 0 saturated carbocycles. The molecule has 264 valence electrons. The Kier molecular flexibility index (Phi) is 35.1. The summed E-state index contributed by atoms with van der Waals surface area (Å²) in [6.45, 7) is 12.5. The summed E-state index contributed by atoms with van der Waals surface area (Å²) in [4.78, 5) is 22.3. The molecule has 0 saturated heterocycles. The molecule has 0 unspecified atom stereocenters. The molecule has 1 atom stereocenters. The van der Waals surface area contributed by atoms with E-state index >= 15 is 0 Å². The highest BCUT2D eigenvalue weighted by molar-refractivity contribution is 5.79. The number of carboxylic acids is 1. The average Bonchev–Trinajstić information content (AvgIpc) is 2.96. The van der Waals surface area contributed by atoms with E-state index in [9.17, 15) is 9.59 Å². The number of unbranched alkanes of at least 4 members (excludes halogenated alkanes) is 21. The molecule has 0 heterocycles. The van der Waals surface area contributed by atoms with Crippen molar-refractivity contribution in [3.63, 3.8) is 0 Å². The zero-order valence-electron chi connectivity index (χ0n) is 30.1. The number of carbonyl (C=O) groups is 2. The summed E-state index contributed by atoms with van der Waals surface area (Å²) in [5.41, 5.74) is 4.68. The minimum atomic E-state index is -1.06. The third-order valence-electron chi connectivity index (χ3n) is 7.78. The predicted octanol–water partition coefficient (Wildman–Crippen LogP) is 11.1. The van der Waals surface area contributed by atoms with Gasteiger partial charge in [0.15, 0.2) is 0 Å². The number of nitrogens with zero attached hydrogens (tertiary/aromatic N) is 1. The quantitative estimate of drug-likeness (QED) is 0.0686. The van der Waals surface area contributed by atoms with Gasteiger partial charge in [-0.2, -0.15) is 0 Å². The number of hydrogen-bond acceptors (Lipinski definition) is 4. The maximum Gasteiger partial charge on any atom is 0.408 e. The van der Waals surface area contributed by atoms with Gasteiger partial charge < -0.3 is 26.2 Å². The lowest BCUT2D eigenvalue weighted by atomic mass is 10.1. The van der Waals surface area contributed by atoms with Gasteiger partial charge in [0.2, 0.25) is 0 Å². The van der Waals surface area contributed by atoms with E-state index in [2.05, 4.69) is 19.2 Å². The molecule has 7 nitrogen and oxygen atoms in total. The molecule has 0 aliphatic carbocycles. The SMILES string of the molecule is CC(C)(C)OC(=O)N[C@@H](CCCCN)C(=O)O.CCCCCCCCCCCCCC[N-]CCCCCCCCCCCC. The van der Waals surface area contributed by atoms with Crippen LogP contribution in [0.3, 0.4) is 0 Å². The van der Waals surface area contributed by atoms with E-state index in [0.717, 1.165) is 19.5 Å². The Balaban J connectivity index is 0. The maximum absolute atomic E-state index is 11.4. The Hall–Kier alpha value is -1.34. The van der Waals surface area contributed by atoms with Crippen LogP contribution < -0.4 is 11.1 Å². The lowest BCUT2D eigenvalue weighted by molar-refractivity contribution is -0.139. The number of aliphatic carboxylic acids is 1. The molecule has 0 bridgehead atoms. The third-order valence-corrected chi connectivity index (χ3v) is 7.78. The number of rotatable bonds is 30. The molecular weight excluding hydrogens is 550 g/mol. The molecule has 0 aliphatic rings. The van der Waals surface area contributed by atoms with Crippen LogP contribution >= 0.6 is 0 Å². The predicted molar refractivity (Wildman–Crippen MR) is 190 cm³/mol. The van der Waals surface area contributed by atoms with Gasteiger partial charge in [-0.1, -0.05) is 155 Å². The highest BCUT2D eigenvalue weighted by Crippen LogP contribution is 2.14. The van der Waals surface area contributed by atoms with E-state index in [-0.39, 0.29) is 0 Å². The fraction of sp³-hybridized carbons (Fsp3) is 0.946. The first-order chi connectivity index (χ1) is 21.2. The third kappa shape index (κ3) is 38.7. The summed E-state index contributed by atoms with van der Waals surface area (Å²) >= 11 is 0. The first-order valence-corrected chi connectivity index (χ1v) is 18.7. The van der Waals surface area contributed by atoms with Crippen molar-refractivity contribution in [1.29, 1.82) is 0 Å². The molecule has 4 N–H and O–H groups in total. The molecule has 0 aromatic rings. The van der Waals surface area contributed by atoms with Crippen molar-refractivity contribution < 1.29 is 19.4 Å². The van der Waals surface area contributed by atoms with Gasteiger partial charge >= 0.3 is 12.1 Å². The van der Waals surface area contributed by atoms with Crippen molar-refractivity contribution in [2.24, 2.45) is 5.73 Å². The normalized spacial score (nSPS) is 12.0. The zero-order chi connectivity index (χ0) is 33.2. The molecule has 0 aromatic heterocycles. The second kappa shape index (κ2) is 34.5. The first-order valence-electron chi connectivity index (χ1n) is 18.7. The minimum Gasteiger partial charge on any atom is -0.662 e. The van der Waals surface area contributed by atoms with E-state index in [4.69, 9.17) is 20.9 Å². The van der Waals surface area contributed by atoms with Crippen molar-refractivity contribution in [3.05, 3.63) is 5.32 Å². The van der Waals surface area contributed by atoms with Crippen LogP contribution in [0.15, 0.2) is 0 Å². The molecule has 0 aliphatic heterocycles. The molecule has 7 heteroatoms. The van der Waals surface area contributed by atoms with Crippen molar-refractivity contribution >= 4 is 12.1 Å². The first kappa shape index (κ1) is 44.8. The van der Waals surface area contributed by atoms with Crippen molar-refractivity contribution in [3.8, 4) is 0 Å². The second-order valence-electron chi connectivity index (χ2n) is 13.6. The molecule has 0 rings (SSSR count). The van der Waals surface area contributed by atoms with Crippen LogP contribution in [-0.4, -0.2) is 48.4 Å². The molecule has 0 radical (unpaired) electrons. The standard InChI is InChI=1S/C26H54N.C11H22N2O4/c1-3-5-7-9-11-13-15-16-18-20-22-24-26-27-25-23-21-19-17-14-12-10-8-6-4-2;1-11(2,3)17-10(16)13-8(9(14)15)6-4-5-7-12/h3-26H2,1-2H3;8H,4-7,12H2,1-3H3,(H,13,16)(H,14,15)/q-1;/t;8-/m.0/s1. The number of amides is 1. The fourth-order valence-electron chi connectivity index (χ4n) is 5.09. The van der Waals surface area contributed by atoms with Gasteiger partial charge in [0.25, 0.3) is 0 Å². The van der Waals surface area contributed by atoms with Gasteiger partial charge in [-0.15, -0.1) is 13.1 Å². The van der Waals surface area contributed by atoms with Crippen LogP contribution in [0.4, 0.5) is 4.79 Å². The highest BCUT2D eigenvalue weighted by Gasteiger charge is 2.23. The van der Waals surface area contributed by atoms with Gasteiger partial charge in [-0.05, 0) is 46.6 Å². The van der Waals surface area contributed by atoms with E-state index in [1.807, 2.05) is 0 Å². The summed E-state index contributed by atoms with van der Waals surface area (Å²) in [6.07, 6.45) is 32.5. The Morgan fingerprint density at radius 3 is 1.32 bits per heavy atom.